The number of nitrogens with one attached hydrogen (secondary N) is 1. The molecular formula is C17H19ClN2OS. The van der Waals surface area contributed by atoms with E-state index in [0.717, 1.165) is 36.6 Å². The molecule has 3 rings (SSSR count). The van der Waals surface area contributed by atoms with Gasteiger partial charge in [-0.15, -0.1) is 11.3 Å². The van der Waals surface area contributed by atoms with Gasteiger partial charge >= 0.3 is 0 Å². The lowest BCUT2D eigenvalue weighted by Crippen LogP contribution is -2.26. The van der Waals surface area contributed by atoms with E-state index in [2.05, 4.69) is 22.4 Å². The molecule has 5 heteroatoms. The van der Waals surface area contributed by atoms with Gasteiger partial charge in [-0.1, -0.05) is 17.7 Å². The molecule has 0 unspecified atom stereocenters. The fourth-order valence-corrected chi connectivity index (χ4v) is 3.83. The third-order valence-electron chi connectivity index (χ3n) is 4.02. The topological polar surface area (TPSA) is 42.0 Å². The fraction of sp³-hybridized carbons (Fsp3) is 0.412. The third-order valence-corrected chi connectivity index (χ3v) is 5.31. The second-order valence-corrected chi connectivity index (χ2v) is 7.49. The SMILES string of the molecule is O=C(NCCCCc1ccc(Cl)s1)[C@H]1C[C@@H]1c1cccnc1. The largest absolute Gasteiger partial charge is 0.356 e. The minimum Gasteiger partial charge on any atom is -0.356 e. The highest BCUT2D eigenvalue weighted by molar-refractivity contribution is 7.16. The highest BCUT2D eigenvalue weighted by atomic mass is 35.5. The Balaban J connectivity index is 1.32. The average molecular weight is 335 g/mol. The van der Waals surface area contributed by atoms with Gasteiger partial charge in [-0.25, -0.2) is 0 Å². The van der Waals surface area contributed by atoms with Gasteiger partial charge < -0.3 is 5.32 Å². The molecule has 1 amide bonds. The summed E-state index contributed by atoms with van der Waals surface area (Å²) in [6, 6.07) is 8.00. The van der Waals surface area contributed by atoms with Gasteiger partial charge in [0.1, 0.15) is 0 Å². The maximum Gasteiger partial charge on any atom is 0.223 e. The molecule has 1 fully saturated rings. The molecule has 2 heterocycles. The van der Waals surface area contributed by atoms with Gasteiger partial charge in [0.15, 0.2) is 0 Å². The number of rotatable bonds is 7. The van der Waals surface area contributed by atoms with Crippen molar-refractivity contribution in [3.8, 4) is 0 Å². The predicted octanol–water partition coefficient (Wildman–Crippen LogP) is 4.04. The zero-order chi connectivity index (χ0) is 15.4. The summed E-state index contributed by atoms with van der Waals surface area (Å²) in [4.78, 5) is 17.5. The number of aromatic nitrogens is 1. The van der Waals surface area contributed by atoms with Crippen LogP contribution in [0.25, 0.3) is 0 Å². The molecule has 22 heavy (non-hydrogen) atoms. The van der Waals surface area contributed by atoms with Crippen LogP contribution >= 0.6 is 22.9 Å². The van der Waals surface area contributed by atoms with Crippen molar-refractivity contribution >= 4 is 28.8 Å². The van der Waals surface area contributed by atoms with Crippen molar-refractivity contribution in [2.75, 3.05) is 6.54 Å². The second kappa shape index (κ2) is 7.25. The highest BCUT2D eigenvalue weighted by Crippen LogP contribution is 2.47. The number of thiophene rings is 1. The number of halogens is 1. The van der Waals surface area contributed by atoms with Crippen molar-refractivity contribution in [2.24, 2.45) is 5.92 Å². The smallest absolute Gasteiger partial charge is 0.223 e. The molecule has 0 bridgehead atoms. The van der Waals surface area contributed by atoms with E-state index in [0.29, 0.717) is 5.92 Å². The van der Waals surface area contributed by atoms with E-state index in [4.69, 9.17) is 11.6 Å². The Hall–Kier alpha value is -1.39. The average Bonchev–Trinajstić information content (AvgIpc) is 3.24. The Bertz CT molecular complexity index is 629. The Labute approximate surface area is 139 Å². The van der Waals surface area contributed by atoms with Crippen molar-refractivity contribution in [3.63, 3.8) is 0 Å². The van der Waals surface area contributed by atoms with Crippen LogP contribution in [0.3, 0.4) is 0 Å². The number of amides is 1. The summed E-state index contributed by atoms with van der Waals surface area (Å²) in [5, 5.41) is 3.05. The van der Waals surface area contributed by atoms with Crippen molar-refractivity contribution in [1.29, 1.82) is 0 Å². The van der Waals surface area contributed by atoms with Gasteiger partial charge in [-0.05, 0) is 55.4 Å². The van der Waals surface area contributed by atoms with Crippen LogP contribution in [0.5, 0.6) is 0 Å². The lowest BCUT2D eigenvalue weighted by molar-refractivity contribution is -0.122. The summed E-state index contributed by atoms with van der Waals surface area (Å²) in [5.41, 5.74) is 1.18. The molecule has 0 saturated heterocycles. The van der Waals surface area contributed by atoms with E-state index < -0.39 is 0 Å². The first-order valence-electron chi connectivity index (χ1n) is 7.66. The van der Waals surface area contributed by atoms with Gasteiger partial charge in [0.25, 0.3) is 0 Å². The van der Waals surface area contributed by atoms with Crippen molar-refractivity contribution in [1.82, 2.24) is 10.3 Å². The molecule has 1 aliphatic carbocycles. The zero-order valence-corrected chi connectivity index (χ0v) is 13.9. The number of hydrogen-bond acceptors (Lipinski definition) is 3. The Kier molecular flexibility index (Phi) is 5.11. The van der Waals surface area contributed by atoms with Crippen LogP contribution in [-0.2, 0) is 11.2 Å². The summed E-state index contributed by atoms with van der Waals surface area (Å²) in [6.07, 6.45) is 7.70. The Morgan fingerprint density at radius 2 is 2.27 bits per heavy atom. The first-order chi connectivity index (χ1) is 10.7. The first kappa shape index (κ1) is 15.5. The predicted molar refractivity (Wildman–Crippen MR) is 90.4 cm³/mol. The quantitative estimate of drug-likeness (QED) is 0.776. The molecule has 0 aromatic carbocycles. The summed E-state index contributed by atoms with van der Waals surface area (Å²) < 4.78 is 0.846. The highest BCUT2D eigenvalue weighted by Gasteiger charge is 2.43. The van der Waals surface area contributed by atoms with Crippen molar-refractivity contribution in [2.45, 2.75) is 31.6 Å². The maximum absolute atomic E-state index is 12.1. The minimum atomic E-state index is 0.139. The van der Waals surface area contributed by atoms with Crippen molar-refractivity contribution < 1.29 is 4.79 Å². The number of nitrogens with zero attached hydrogens (tertiary/aromatic N) is 1. The maximum atomic E-state index is 12.1. The molecule has 1 saturated carbocycles. The zero-order valence-electron chi connectivity index (χ0n) is 12.3. The van der Waals surface area contributed by atoms with E-state index in [1.165, 1.54) is 10.4 Å². The van der Waals surface area contributed by atoms with Crippen LogP contribution in [-0.4, -0.2) is 17.4 Å². The molecule has 3 nitrogen and oxygen atoms in total. The van der Waals surface area contributed by atoms with E-state index in [9.17, 15) is 4.79 Å². The summed E-state index contributed by atoms with van der Waals surface area (Å²) in [7, 11) is 0. The Morgan fingerprint density at radius 3 is 3.00 bits per heavy atom. The van der Waals surface area contributed by atoms with E-state index >= 15 is 0 Å². The number of pyridine rings is 1. The molecular weight excluding hydrogens is 316 g/mol. The van der Waals surface area contributed by atoms with Gasteiger partial charge in [0.05, 0.1) is 4.34 Å². The van der Waals surface area contributed by atoms with Gasteiger partial charge in [-0.3, -0.25) is 9.78 Å². The number of carbonyl (C=O) groups excluding carboxylic acids is 1. The van der Waals surface area contributed by atoms with Gasteiger partial charge in [0.2, 0.25) is 5.91 Å². The van der Waals surface area contributed by atoms with Gasteiger partial charge in [-0.2, -0.15) is 0 Å². The molecule has 116 valence electrons. The lowest BCUT2D eigenvalue weighted by Gasteiger charge is -2.04. The Morgan fingerprint density at radius 1 is 1.36 bits per heavy atom. The van der Waals surface area contributed by atoms with Crippen LogP contribution in [0.1, 0.15) is 35.6 Å². The molecule has 2 aromatic rings. The molecule has 0 spiro atoms. The number of hydrogen-bond donors (Lipinski definition) is 1. The second-order valence-electron chi connectivity index (χ2n) is 5.69. The van der Waals surface area contributed by atoms with Crippen molar-refractivity contribution in [3.05, 3.63) is 51.4 Å². The first-order valence-corrected chi connectivity index (χ1v) is 8.85. The molecule has 1 N–H and O–H groups in total. The molecule has 2 aromatic heterocycles. The lowest BCUT2D eigenvalue weighted by atomic mass is 10.1. The van der Waals surface area contributed by atoms with Crippen LogP contribution in [0.4, 0.5) is 0 Å². The standard InChI is InChI=1S/C17H19ClN2OS/c18-16-7-6-13(22-16)5-1-2-9-20-17(21)15-10-14(15)12-4-3-8-19-11-12/h3-4,6-8,11,14-15H,1-2,5,9-10H2,(H,20,21)/t14-,15+/m1/s1. The molecule has 1 aliphatic rings. The molecule has 0 aliphatic heterocycles. The molecule has 2 atom stereocenters. The number of carbonyl (C=O) groups is 1. The summed E-state index contributed by atoms with van der Waals surface area (Å²) in [5.74, 6) is 0.690. The van der Waals surface area contributed by atoms with E-state index in [-0.39, 0.29) is 11.8 Å². The fourth-order valence-electron chi connectivity index (χ4n) is 2.70. The molecule has 0 radical (unpaired) electrons. The van der Waals surface area contributed by atoms with Crippen LogP contribution in [0.2, 0.25) is 4.34 Å². The van der Waals surface area contributed by atoms with E-state index in [1.54, 1.807) is 17.5 Å². The van der Waals surface area contributed by atoms with E-state index in [1.807, 2.05) is 18.3 Å². The minimum absolute atomic E-state index is 0.139. The third kappa shape index (κ3) is 4.08. The van der Waals surface area contributed by atoms with Crippen LogP contribution in [0, 0.1) is 5.92 Å². The van der Waals surface area contributed by atoms with Crippen LogP contribution in [0.15, 0.2) is 36.7 Å². The number of aryl methyl sites for hydroxylation is 1. The normalized spacial score (nSPS) is 19.9. The monoisotopic (exact) mass is 334 g/mol. The summed E-state index contributed by atoms with van der Waals surface area (Å²) in [6.45, 7) is 0.758. The van der Waals surface area contributed by atoms with Crippen LogP contribution < -0.4 is 5.32 Å². The van der Waals surface area contributed by atoms with Gasteiger partial charge in [0, 0.05) is 29.7 Å². The summed E-state index contributed by atoms with van der Waals surface area (Å²) >= 11 is 7.54. The number of unbranched alkanes of at least 4 members (excludes halogenated alkanes) is 1.